The van der Waals surface area contributed by atoms with Gasteiger partial charge in [0.15, 0.2) is 0 Å². The number of hydrogen-bond acceptors (Lipinski definition) is 6. The van der Waals surface area contributed by atoms with Crippen LogP contribution in [0.1, 0.15) is 39.2 Å². The highest BCUT2D eigenvalue weighted by molar-refractivity contribution is 9.09. The fourth-order valence-electron chi connectivity index (χ4n) is 3.29. The highest BCUT2D eigenvalue weighted by Gasteiger charge is 2.41. The van der Waals surface area contributed by atoms with Crippen LogP contribution in [0.5, 0.6) is 5.75 Å². The molecule has 0 amide bonds. The molecule has 0 unspecified atom stereocenters. The van der Waals surface area contributed by atoms with E-state index >= 15 is 0 Å². The normalized spacial score (nSPS) is 14.8. The van der Waals surface area contributed by atoms with Gasteiger partial charge in [0.05, 0.1) is 29.3 Å². The first-order valence-electron chi connectivity index (χ1n) is 9.91. The molecule has 0 aliphatic carbocycles. The third-order valence-corrected chi connectivity index (χ3v) is 5.49. The third-order valence-electron chi connectivity index (χ3n) is 4.37. The van der Waals surface area contributed by atoms with Gasteiger partial charge in [0.25, 0.3) is 0 Å². The average molecular weight is 581 g/mol. The van der Waals surface area contributed by atoms with Crippen molar-refractivity contribution in [3.8, 4) is 5.75 Å². The fourth-order valence-corrected chi connectivity index (χ4v) is 4.18. The predicted molar refractivity (Wildman–Crippen MR) is 123 cm³/mol. The molecule has 32 heavy (non-hydrogen) atoms. The van der Waals surface area contributed by atoms with Gasteiger partial charge in [0.1, 0.15) is 5.75 Å². The quantitative estimate of drug-likeness (QED) is 0.321. The minimum Gasteiger partial charge on any atom is -0.460 e. The number of ether oxygens (including phenoxy) is 3. The van der Waals surface area contributed by atoms with E-state index in [1.165, 1.54) is 18.2 Å². The van der Waals surface area contributed by atoms with Crippen LogP contribution in [0.2, 0.25) is 0 Å². The van der Waals surface area contributed by atoms with Crippen LogP contribution < -0.4 is 10.1 Å². The second kappa shape index (κ2) is 11.8. The number of carbonyl (C=O) groups is 2. The Kier molecular flexibility index (Phi) is 9.69. The summed E-state index contributed by atoms with van der Waals surface area (Å²) in [6, 6.07) is 6.05. The Morgan fingerprint density at radius 3 is 1.81 bits per heavy atom. The number of dihydropyridines is 1. The number of carbonyl (C=O) groups excluding carboxylic acids is 2. The van der Waals surface area contributed by atoms with E-state index in [-0.39, 0.29) is 33.1 Å². The number of rotatable bonds is 9. The smallest absolute Gasteiger partial charge is 0.387 e. The highest BCUT2D eigenvalue weighted by atomic mass is 79.9. The van der Waals surface area contributed by atoms with Crippen LogP contribution in [0.15, 0.2) is 46.8 Å². The van der Waals surface area contributed by atoms with Crippen LogP contribution in [-0.4, -0.2) is 41.4 Å². The van der Waals surface area contributed by atoms with E-state index in [0.717, 1.165) is 0 Å². The van der Waals surface area contributed by atoms with Crippen molar-refractivity contribution in [3.05, 3.63) is 52.4 Å². The summed E-state index contributed by atoms with van der Waals surface area (Å²) in [5.74, 6) is -2.56. The molecule has 1 aromatic carbocycles. The van der Waals surface area contributed by atoms with Gasteiger partial charge >= 0.3 is 18.6 Å². The largest absolute Gasteiger partial charge is 0.460 e. The van der Waals surface area contributed by atoms with Gasteiger partial charge < -0.3 is 19.5 Å². The Bertz CT molecular complexity index is 869. The number of hydrogen-bond donors (Lipinski definition) is 1. The standard InChI is InChI=1S/C22H25Br2F2NO5/c1-11(2)30-20(28)18-14(9-23)27-15(10-24)19(21(29)31-12(3)4)17(18)13-7-5-6-8-16(13)32-22(25)26/h5-8,11-12,17,22,27H,9-10H2,1-4H3. The number of para-hydroxylation sites is 1. The number of esters is 2. The van der Waals surface area contributed by atoms with E-state index in [1.807, 2.05) is 0 Å². The molecule has 0 atom stereocenters. The predicted octanol–water partition coefficient (Wildman–Crippen LogP) is 5.18. The van der Waals surface area contributed by atoms with Crippen molar-refractivity contribution in [3.63, 3.8) is 0 Å². The summed E-state index contributed by atoms with van der Waals surface area (Å²) in [5, 5.41) is 3.55. The lowest BCUT2D eigenvalue weighted by molar-refractivity contribution is -0.143. The van der Waals surface area contributed by atoms with E-state index in [9.17, 15) is 18.4 Å². The van der Waals surface area contributed by atoms with E-state index in [0.29, 0.717) is 11.4 Å². The second-order valence-corrected chi connectivity index (χ2v) is 8.56. The van der Waals surface area contributed by atoms with Crippen LogP contribution >= 0.6 is 31.9 Å². The molecule has 0 bridgehead atoms. The molecular weight excluding hydrogens is 556 g/mol. The highest BCUT2D eigenvalue weighted by Crippen LogP contribution is 2.44. The molecule has 1 aliphatic rings. The zero-order chi connectivity index (χ0) is 24.0. The van der Waals surface area contributed by atoms with Crippen LogP contribution in [-0.2, 0) is 19.1 Å². The van der Waals surface area contributed by atoms with Crippen molar-refractivity contribution in [2.45, 2.75) is 52.4 Å². The molecule has 0 spiro atoms. The zero-order valence-corrected chi connectivity index (χ0v) is 21.3. The molecule has 0 saturated carbocycles. The third kappa shape index (κ3) is 6.31. The number of benzene rings is 1. The first-order valence-corrected chi connectivity index (χ1v) is 12.2. The summed E-state index contributed by atoms with van der Waals surface area (Å²) in [5.41, 5.74) is 1.34. The monoisotopic (exact) mass is 579 g/mol. The first-order chi connectivity index (χ1) is 15.1. The van der Waals surface area contributed by atoms with Crippen LogP contribution in [0, 0.1) is 0 Å². The first kappa shape index (κ1) is 26.3. The number of allylic oxidation sites excluding steroid dienone is 2. The van der Waals surface area contributed by atoms with Crippen molar-refractivity contribution < 1.29 is 32.6 Å². The van der Waals surface area contributed by atoms with Gasteiger partial charge in [-0.05, 0) is 33.8 Å². The Morgan fingerprint density at radius 1 is 0.938 bits per heavy atom. The summed E-state index contributed by atoms with van der Waals surface area (Å²) in [7, 11) is 0. The Balaban J connectivity index is 2.81. The van der Waals surface area contributed by atoms with Gasteiger partial charge in [-0.2, -0.15) is 8.78 Å². The molecule has 1 aromatic rings. The fraction of sp³-hybridized carbons (Fsp3) is 0.455. The van der Waals surface area contributed by atoms with Crippen LogP contribution in [0.4, 0.5) is 8.78 Å². The lowest BCUT2D eigenvalue weighted by atomic mass is 9.80. The zero-order valence-electron chi connectivity index (χ0n) is 18.1. The molecule has 6 nitrogen and oxygen atoms in total. The average Bonchev–Trinajstić information content (AvgIpc) is 2.71. The van der Waals surface area contributed by atoms with Gasteiger partial charge in [-0.15, -0.1) is 0 Å². The number of nitrogens with one attached hydrogen (secondary N) is 1. The lowest BCUT2D eigenvalue weighted by Crippen LogP contribution is -2.36. The van der Waals surface area contributed by atoms with Gasteiger partial charge in [0, 0.05) is 27.6 Å². The van der Waals surface area contributed by atoms with E-state index < -0.39 is 36.7 Å². The van der Waals surface area contributed by atoms with Crippen LogP contribution in [0.25, 0.3) is 0 Å². The lowest BCUT2D eigenvalue weighted by Gasteiger charge is -2.33. The number of halogens is 4. The van der Waals surface area contributed by atoms with Crippen molar-refractivity contribution >= 4 is 43.8 Å². The van der Waals surface area contributed by atoms with Gasteiger partial charge in [-0.3, -0.25) is 0 Å². The molecule has 2 rings (SSSR count). The molecule has 1 heterocycles. The maximum absolute atomic E-state index is 13.2. The Hall–Kier alpha value is -1.94. The molecule has 0 saturated heterocycles. The van der Waals surface area contributed by atoms with E-state index in [4.69, 9.17) is 14.2 Å². The maximum atomic E-state index is 13.2. The van der Waals surface area contributed by atoms with Crippen molar-refractivity contribution in [1.29, 1.82) is 0 Å². The molecular formula is C22H25Br2F2NO5. The summed E-state index contributed by atoms with van der Waals surface area (Å²) in [6.45, 7) is 3.69. The van der Waals surface area contributed by atoms with Crippen LogP contribution in [0.3, 0.4) is 0 Å². The molecule has 0 radical (unpaired) electrons. The second-order valence-electron chi connectivity index (χ2n) is 7.43. The van der Waals surface area contributed by atoms with Gasteiger partial charge in [-0.1, -0.05) is 50.1 Å². The van der Waals surface area contributed by atoms with Crippen molar-refractivity contribution in [2.24, 2.45) is 0 Å². The topological polar surface area (TPSA) is 73.9 Å². The maximum Gasteiger partial charge on any atom is 0.387 e. The summed E-state index contributed by atoms with van der Waals surface area (Å²) in [4.78, 5) is 26.3. The molecule has 0 aromatic heterocycles. The van der Waals surface area contributed by atoms with Crippen molar-refractivity contribution in [1.82, 2.24) is 5.32 Å². The van der Waals surface area contributed by atoms with E-state index in [2.05, 4.69) is 37.2 Å². The molecule has 0 fully saturated rings. The van der Waals surface area contributed by atoms with Crippen molar-refractivity contribution in [2.75, 3.05) is 10.7 Å². The minimum atomic E-state index is -3.09. The molecule has 10 heteroatoms. The van der Waals surface area contributed by atoms with Gasteiger partial charge in [0.2, 0.25) is 0 Å². The summed E-state index contributed by atoms with van der Waals surface area (Å²) in [6.07, 6.45) is -0.875. The Labute approximate surface area is 202 Å². The Morgan fingerprint density at radius 2 is 1.41 bits per heavy atom. The molecule has 1 N–H and O–H groups in total. The minimum absolute atomic E-state index is 0.112. The molecule has 1 aliphatic heterocycles. The number of alkyl halides is 4. The summed E-state index contributed by atoms with van der Waals surface area (Å²) < 4.78 is 41.9. The van der Waals surface area contributed by atoms with E-state index in [1.54, 1.807) is 33.8 Å². The molecule has 176 valence electrons. The SMILES string of the molecule is CC(C)OC(=O)C1=C(CBr)NC(CBr)=C(C(=O)OC(C)C)C1c1ccccc1OC(F)F. The summed E-state index contributed by atoms with van der Waals surface area (Å²) >= 11 is 6.73. The van der Waals surface area contributed by atoms with Gasteiger partial charge in [-0.25, -0.2) is 9.59 Å².